The van der Waals surface area contributed by atoms with Crippen LogP contribution in [-0.2, 0) is 0 Å². The fraction of sp³-hybridized carbons (Fsp3) is 0. The molecule has 6 rings (SSSR count). The van der Waals surface area contributed by atoms with Gasteiger partial charge in [-0.1, -0.05) is 96.2 Å². The number of rotatable bonds is 7. The first-order valence-corrected chi connectivity index (χ1v) is 13.5. The molecule has 2 heterocycles. The quantitative estimate of drug-likeness (QED) is 0.203. The first-order valence-electron chi connectivity index (χ1n) is 12.3. The zero-order valence-electron chi connectivity index (χ0n) is 20.7. The molecule has 188 valence electrons. The van der Waals surface area contributed by atoms with Gasteiger partial charge in [0.05, 0.1) is 0 Å². The minimum absolute atomic E-state index is 0.676. The van der Waals surface area contributed by atoms with Crippen molar-refractivity contribution in [2.24, 2.45) is 0 Å². The van der Waals surface area contributed by atoms with Gasteiger partial charge in [-0.2, -0.15) is 0 Å². The molecule has 0 atom stereocenters. The van der Waals surface area contributed by atoms with Crippen LogP contribution in [0.5, 0.6) is 0 Å². The fourth-order valence-corrected chi connectivity index (χ4v) is 5.02. The van der Waals surface area contributed by atoms with E-state index in [1.165, 1.54) is 0 Å². The summed E-state index contributed by atoms with van der Waals surface area (Å²) in [6.07, 6.45) is 5.72. The Hall–Kier alpha value is -4.52. The maximum atomic E-state index is 6.07. The van der Waals surface area contributed by atoms with E-state index in [1.54, 1.807) is 18.0 Å². The van der Waals surface area contributed by atoms with Gasteiger partial charge in [0.25, 0.3) is 0 Å². The van der Waals surface area contributed by atoms with E-state index >= 15 is 0 Å². The van der Waals surface area contributed by atoms with Crippen molar-refractivity contribution in [2.45, 2.75) is 9.92 Å². The summed E-state index contributed by atoms with van der Waals surface area (Å²) < 4.78 is 0. The smallest absolute Gasteiger partial charge is 0.161 e. The molecule has 5 nitrogen and oxygen atoms in total. The zero-order chi connectivity index (χ0) is 26.4. The van der Waals surface area contributed by atoms with Gasteiger partial charge < -0.3 is 5.32 Å². The van der Waals surface area contributed by atoms with E-state index in [9.17, 15) is 0 Å². The van der Waals surface area contributed by atoms with Gasteiger partial charge in [-0.15, -0.1) is 10.2 Å². The third kappa shape index (κ3) is 5.98. The van der Waals surface area contributed by atoms with E-state index in [4.69, 9.17) is 11.6 Å². The van der Waals surface area contributed by atoms with E-state index in [2.05, 4.69) is 49.7 Å². The van der Waals surface area contributed by atoms with Gasteiger partial charge >= 0.3 is 0 Å². The highest BCUT2D eigenvalue weighted by Crippen LogP contribution is 2.32. The van der Waals surface area contributed by atoms with Crippen LogP contribution in [0.4, 0.5) is 11.5 Å². The second-order valence-corrected chi connectivity index (χ2v) is 10.2. The van der Waals surface area contributed by atoms with Crippen molar-refractivity contribution < 1.29 is 0 Å². The number of aromatic nitrogens is 4. The predicted octanol–water partition coefficient (Wildman–Crippen LogP) is 8.81. The van der Waals surface area contributed by atoms with Crippen LogP contribution in [0.2, 0.25) is 5.02 Å². The zero-order valence-corrected chi connectivity index (χ0v) is 22.3. The molecule has 0 amide bonds. The number of hydrogen-bond donors (Lipinski definition) is 1. The molecule has 39 heavy (non-hydrogen) atoms. The van der Waals surface area contributed by atoms with Gasteiger partial charge in [0.15, 0.2) is 11.6 Å². The lowest BCUT2D eigenvalue weighted by Gasteiger charge is -2.12. The molecule has 4 aromatic carbocycles. The predicted molar refractivity (Wildman–Crippen MR) is 161 cm³/mol. The van der Waals surface area contributed by atoms with Crippen LogP contribution in [0.25, 0.3) is 34.2 Å². The Bertz CT molecular complexity index is 1750. The van der Waals surface area contributed by atoms with E-state index < -0.39 is 0 Å². The van der Waals surface area contributed by atoms with Crippen LogP contribution < -0.4 is 5.32 Å². The highest BCUT2D eigenvalue weighted by atomic mass is 35.5. The Morgan fingerprint density at radius 3 is 2.23 bits per heavy atom. The van der Waals surface area contributed by atoms with Gasteiger partial charge in [0.2, 0.25) is 0 Å². The average molecular weight is 544 g/mol. The van der Waals surface area contributed by atoms with Crippen molar-refractivity contribution in [3.05, 3.63) is 132 Å². The standard InChI is InChI=1S/C32H22ClN5S/c33-24-13-11-23(12-14-24)31-27-8-4-5-9-28(27)32(38-37-31)35-25-15-17-26(18-16-25)39-30-20-21-34-29(36-30)19-10-22-6-2-1-3-7-22/h1-21H,(H,35,38). The highest BCUT2D eigenvalue weighted by Gasteiger charge is 2.11. The molecule has 2 aromatic heterocycles. The van der Waals surface area contributed by atoms with Crippen LogP contribution in [0.15, 0.2) is 125 Å². The largest absolute Gasteiger partial charge is 0.338 e. The lowest BCUT2D eigenvalue weighted by atomic mass is 10.0. The molecule has 1 N–H and O–H groups in total. The summed E-state index contributed by atoms with van der Waals surface area (Å²) in [4.78, 5) is 10.1. The lowest BCUT2D eigenvalue weighted by Crippen LogP contribution is -1.99. The molecule has 0 saturated carbocycles. The number of anilines is 2. The van der Waals surface area contributed by atoms with Crippen molar-refractivity contribution in [1.82, 2.24) is 20.2 Å². The summed E-state index contributed by atoms with van der Waals surface area (Å²) in [5, 5.41) is 16.1. The van der Waals surface area contributed by atoms with Crippen LogP contribution in [0.3, 0.4) is 0 Å². The SMILES string of the molecule is Clc1ccc(-c2nnc(Nc3ccc(Sc4ccnc(C=Cc5ccccc5)n4)cc3)c3ccccc23)cc1. The van der Waals surface area contributed by atoms with Crippen molar-refractivity contribution in [3.63, 3.8) is 0 Å². The summed E-state index contributed by atoms with van der Waals surface area (Å²) in [5.41, 5.74) is 3.83. The third-order valence-corrected chi connectivity index (χ3v) is 7.21. The Balaban J connectivity index is 1.18. The number of benzene rings is 4. The number of halogens is 1. The summed E-state index contributed by atoms with van der Waals surface area (Å²) in [6, 6.07) is 36.0. The number of fused-ring (bicyclic) bond motifs is 1. The monoisotopic (exact) mass is 543 g/mol. The van der Waals surface area contributed by atoms with Crippen molar-refractivity contribution in [2.75, 3.05) is 5.32 Å². The average Bonchev–Trinajstić information content (AvgIpc) is 2.99. The summed E-state index contributed by atoms with van der Waals surface area (Å²) in [7, 11) is 0. The van der Waals surface area contributed by atoms with Crippen LogP contribution in [0, 0.1) is 0 Å². The number of hydrogen-bond acceptors (Lipinski definition) is 6. The highest BCUT2D eigenvalue weighted by molar-refractivity contribution is 7.99. The van der Waals surface area contributed by atoms with Gasteiger partial charge in [0, 0.05) is 38.1 Å². The van der Waals surface area contributed by atoms with Gasteiger partial charge in [-0.05, 0) is 54.1 Å². The molecule has 0 saturated heterocycles. The topological polar surface area (TPSA) is 63.6 Å². The van der Waals surface area contributed by atoms with Crippen molar-refractivity contribution in [1.29, 1.82) is 0 Å². The minimum Gasteiger partial charge on any atom is -0.338 e. The molecule has 0 aliphatic carbocycles. The van der Waals surface area contributed by atoms with Crippen LogP contribution in [0.1, 0.15) is 11.4 Å². The molecule has 0 unspecified atom stereocenters. The molecule has 0 bridgehead atoms. The third-order valence-electron chi connectivity index (χ3n) is 6.02. The Kier molecular flexibility index (Phi) is 7.30. The normalized spacial score (nSPS) is 11.2. The molecule has 0 spiro atoms. The van der Waals surface area contributed by atoms with E-state index in [0.29, 0.717) is 16.7 Å². The second-order valence-electron chi connectivity index (χ2n) is 8.70. The van der Waals surface area contributed by atoms with E-state index in [-0.39, 0.29) is 0 Å². The molecule has 0 aliphatic rings. The molecule has 0 fully saturated rings. The summed E-state index contributed by atoms with van der Waals surface area (Å²) in [5.74, 6) is 1.38. The maximum absolute atomic E-state index is 6.07. The summed E-state index contributed by atoms with van der Waals surface area (Å²) in [6.45, 7) is 0. The fourth-order valence-electron chi connectivity index (χ4n) is 4.11. The maximum Gasteiger partial charge on any atom is 0.161 e. The van der Waals surface area contributed by atoms with Crippen LogP contribution in [-0.4, -0.2) is 20.2 Å². The first-order chi connectivity index (χ1) is 19.2. The molecule has 0 radical (unpaired) electrons. The minimum atomic E-state index is 0.676. The van der Waals surface area contributed by atoms with Gasteiger partial charge in [0.1, 0.15) is 10.7 Å². The Morgan fingerprint density at radius 1 is 0.692 bits per heavy atom. The molecular formula is C32H22ClN5S. The lowest BCUT2D eigenvalue weighted by molar-refractivity contribution is 1.02. The van der Waals surface area contributed by atoms with Gasteiger partial charge in [-0.3, -0.25) is 0 Å². The van der Waals surface area contributed by atoms with Crippen molar-refractivity contribution >= 4 is 57.8 Å². The number of nitrogens with zero attached hydrogens (tertiary/aromatic N) is 4. The Labute approximate surface area is 235 Å². The van der Waals surface area contributed by atoms with E-state index in [1.807, 2.05) is 97.1 Å². The summed E-state index contributed by atoms with van der Waals surface area (Å²) >= 11 is 7.66. The molecule has 6 aromatic rings. The number of nitrogens with one attached hydrogen (secondary N) is 1. The molecular weight excluding hydrogens is 522 g/mol. The van der Waals surface area contributed by atoms with E-state index in [0.717, 1.165) is 43.2 Å². The second kappa shape index (κ2) is 11.5. The van der Waals surface area contributed by atoms with Crippen LogP contribution >= 0.6 is 23.4 Å². The molecule has 0 aliphatic heterocycles. The molecule has 7 heteroatoms. The van der Waals surface area contributed by atoms with Gasteiger partial charge in [-0.25, -0.2) is 9.97 Å². The van der Waals surface area contributed by atoms with Crippen molar-refractivity contribution in [3.8, 4) is 11.3 Å². The first kappa shape index (κ1) is 24.8. The Morgan fingerprint density at radius 2 is 1.44 bits per heavy atom.